The van der Waals surface area contributed by atoms with Crippen molar-refractivity contribution in [2.45, 2.75) is 106 Å². The van der Waals surface area contributed by atoms with E-state index in [-0.39, 0.29) is 96.3 Å². The molecule has 6 aliphatic heterocycles. The summed E-state index contributed by atoms with van der Waals surface area (Å²) in [6.07, 6.45) is 14.8. The zero-order valence-electron chi connectivity index (χ0n) is 42.3. The number of anilines is 1. The molecule has 2 bridgehead atoms. The first-order valence-corrected chi connectivity index (χ1v) is 26.5. The summed E-state index contributed by atoms with van der Waals surface area (Å²) in [6.45, 7) is 4.17. The maximum absolute atomic E-state index is 17.2. The van der Waals surface area contributed by atoms with Crippen LogP contribution in [0.5, 0.6) is 6.01 Å². The van der Waals surface area contributed by atoms with Crippen LogP contribution in [-0.4, -0.2) is 134 Å². The van der Waals surface area contributed by atoms with Crippen molar-refractivity contribution >= 4 is 56.4 Å². The van der Waals surface area contributed by atoms with E-state index < -0.39 is 23.6 Å². The highest BCUT2D eigenvalue weighted by atomic mass is 19.1. The van der Waals surface area contributed by atoms with Crippen molar-refractivity contribution < 1.29 is 37.4 Å². The highest BCUT2D eigenvalue weighted by molar-refractivity contribution is 6.02. The number of nitrogens with zero attached hydrogens (tertiary/aromatic N) is 8. The van der Waals surface area contributed by atoms with Gasteiger partial charge in [-0.2, -0.15) is 9.97 Å². The summed E-state index contributed by atoms with van der Waals surface area (Å²) in [5.41, 5.74) is 1.66. The van der Waals surface area contributed by atoms with Gasteiger partial charge in [0, 0.05) is 81.3 Å². The lowest BCUT2D eigenvalue weighted by atomic mass is 9.95. The number of carbonyl (C=O) groups is 3. The number of ether oxygens (including phenoxy) is 3. The second-order valence-corrected chi connectivity index (χ2v) is 21.1. The minimum atomic E-state index is -0.773. The fourth-order valence-electron chi connectivity index (χ4n) is 12.8. The third-order valence-corrected chi connectivity index (χ3v) is 16.6. The largest absolute Gasteiger partial charge is 0.461 e. The summed E-state index contributed by atoms with van der Waals surface area (Å²) in [5, 5.41) is 7.53. The molecule has 5 atom stereocenters. The average Bonchev–Trinajstić information content (AvgIpc) is 4.24. The molecule has 392 valence electrons. The molecule has 3 aromatic carbocycles. The van der Waals surface area contributed by atoms with Gasteiger partial charge in [-0.25, -0.2) is 18.4 Å². The van der Waals surface area contributed by atoms with Crippen LogP contribution >= 0.6 is 0 Å². The van der Waals surface area contributed by atoms with Gasteiger partial charge in [-0.1, -0.05) is 48.1 Å². The molecule has 6 saturated heterocycles. The van der Waals surface area contributed by atoms with E-state index in [0.29, 0.717) is 96.2 Å². The molecule has 19 heteroatoms. The van der Waals surface area contributed by atoms with Gasteiger partial charge in [-0.3, -0.25) is 33.9 Å². The van der Waals surface area contributed by atoms with Crippen molar-refractivity contribution in [3.8, 4) is 41.5 Å². The second-order valence-electron chi connectivity index (χ2n) is 21.1. The van der Waals surface area contributed by atoms with Crippen LogP contribution in [0.3, 0.4) is 0 Å². The lowest BCUT2D eigenvalue weighted by molar-refractivity contribution is -0.135. The summed E-state index contributed by atoms with van der Waals surface area (Å²) in [6, 6.07) is 13.5. The fraction of sp³-hybridized carbons (Fsp3) is 0.456. The van der Waals surface area contributed by atoms with Gasteiger partial charge >= 0.3 is 17.8 Å². The van der Waals surface area contributed by atoms with E-state index >= 15 is 8.78 Å². The number of piperazine rings is 1. The van der Waals surface area contributed by atoms with E-state index in [1.165, 1.54) is 15.2 Å². The number of nitrogens with one attached hydrogen (secondary N) is 2. The normalized spacial score (nSPS) is 23.7. The van der Waals surface area contributed by atoms with Crippen LogP contribution in [0.2, 0.25) is 0 Å². The number of amides is 3. The van der Waals surface area contributed by atoms with Crippen molar-refractivity contribution in [2.24, 2.45) is 7.05 Å². The van der Waals surface area contributed by atoms with Crippen LogP contribution in [0.25, 0.3) is 44.0 Å². The Kier molecular flexibility index (Phi) is 13.2. The zero-order chi connectivity index (χ0) is 52.2. The van der Waals surface area contributed by atoms with E-state index in [2.05, 4.69) is 43.2 Å². The maximum Gasteiger partial charge on any atom is 0.409 e. The third kappa shape index (κ3) is 8.97. The van der Waals surface area contributed by atoms with Gasteiger partial charge in [-0.05, 0) is 87.9 Å². The summed E-state index contributed by atoms with van der Waals surface area (Å²) >= 11 is 0. The molecule has 3 unspecified atom stereocenters. The predicted molar refractivity (Wildman–Crippen MR) is 279 cm³/mol. The van der Waals surface area contributed by atoms with Crippen LogP contribution in [-0.2, 0) is 26.1 Å². The van der Waals surface area contributed by atoms with Crippen LogP contribution in [0.1, 0.15) is 87.8 Å². The number of para-hydroxylation sites is 1. The minimum Gasteiger partial charge on any atom is -0.461 e. The molecular formula is C57H58F2N10O7. The molecule has 0 aliphatic carbocycles. The molecule has 3 amide bonds. The number of pyridine rings is 1. The summed E-state index contributed by atoms with van der Waals surface area (Å²) in [7, 11) is 1.65. The van der Waals surface area contributed by atoms with E-state index in [1.807, 2.05) is 12.1 Å². The van der Waals surface area contributed by atoms with Crippen LogP contribution in [0, 0.1) is 35.8 Å². The fourth-order valence-corrected chi connectivity index (χ4v) is 12.8. The number of piperidine rings is 2. The monoisotopic (exact) mass is 1030 g/mol. The van der Waals surface area contributed by atoms with Gasteiger partial charge in [0.1, 0.15) is 42.1 Å². The first-order valence-electron chi connectivity index (χ1n) is 26.5. The number of aryl methyl sites for hydroxylation is 1. The number of imide groups is 1. The Morgan fingerprint density at radius 1 is 0.947 bits per heavy atom. The molecule has 3 aromatic heterocycles. The van der Waals surface area contributed by atoms with E-state index in [1.54, 1.807) is 48.5 Å². The third-order valence-electron chi connectivity index (χ3n) is 16.6. The quantitative estimate of drug-likeness (QED) is 0.0864. The molecule has 9 heterocycles. The summed E-state index contributed by atoms with van der Waals surface area (Å²) in [4.78, 5) is 71.8. The molecule has 2 N–H and O–H groups in total. The number of fused-ring (bicyclic) bond motifs is 6. The van der Waals surface area contributed by atoms with Gasteiger partial charge in [0.25, 0.3) is 0 Å². The van der Waals surface area contributed by atoms with Crippen molar-refractivity contribution in [3.05, 3.63) is 88.0 Å². The molecule has 17 nitrogen and oxygen atoms in total. The Hall–Kier alpha value is -7.45. The molecular weight excluding hydrogens is 975 g/mol. The predicted octanol–water partition coefficient (Wildman–Crippen LogP) is 6.11. The van der Waals surface area contributed by atoms with Gasteiger partial charge in [-0.15, -0.1) is 6.42 Å². The zero-order valence-corrected chi connectivity index (χ0v) is 42.3. The number of imidazole rings is 1. The number of hydrogen-bond acceptors (Lipinski definition) is 13. The number of halogens is 2. The Morgan fingerprint density at radius 2 is 1.76 bits per heavy atom. The van der Waals surface area contributed by atoms with E-state index in [4.69, 9.17) is 30.6 Å². The van der Waals surface area contributed by atoms with Crippen molar-refractivity contribution in [3.63, 3.8) is 0 Å². The van der Waals surface area contributed by atoms with Gasteiger partial charge in [0.05, 0.1) is 45.8 Å². The number of rotatable bonds is 11. The van der Waals surface area contributed by atoms with Gasteiger partial charge < -0.3 is 29.3 Å². The Labute approximate surface area is 437 Å². The molecule has 12 rings (SSSR count). The molecule has 6 fully saturated rings. The number of benzene rings is 3. The maximum atomic E-state index is 17.2. The molecule has 6 aromatic rings. The van der Waals surface area contributed by atoms with E-state index in [0.717, 1.165) is 45.1 Å². The number of carbonyl (C=O) groups excluding carboxylic acids is 3. The van der Waals surface area contributed by atoms with E-state index in [9.17, 15) is 19.2 Å². The van der Waals surface area contributed by atoms with Crippen molar-refractivity contribution in [1.29, 1.82) is 0 Å². The molecule has 0 radical (unpaired) electrons. The highest BCUT2D eigenvalue weighted by Crippen LogP contribution is 2.44. The standard InChI is InChI=1S/C57H58F2N10O7/c1-3-40-43(58)17-14-34-10-6-12-41(47(34)40)49-48(59)50-42(29-60-49)52(67-30-36-15-16-37(31-67)61-36)64-54(63-50)76-33-57-23-8-25-68(57)38(20-24-57)32-75-56(73)66-26-21-39(22-27-66)74-28-5-4-9-35-11-7-13-44-51(35)65(2)55(72)69(44)45-18-19-46(70)62-53(45)71/h1,6-7,10-14,17,29,36-39,45,61H,5,8,15-16,18-28,30-33H2,2H3,(H,62,70,71)/t36?,37?,38-,45?,57-/m0/s1. The summed E-state index contributed by atoms with van der Waals surface area (Å²) in [5.74, 6) is 7.31. The smallest absolute Gasteiger partial charge is 0.409 e. The van der Waals surface area contributed by atoms with Crippen LogP contribution in [0.4, 0.5) is 19.4 Å². The Balaban J connectivity index is 0.668. The number of terminal acetylenes is 1. The average molecular weight is 1030 g/mol. The summed E-state index contributed by atoms with van der Waals surface area (Å²) < 4.78 is 53.9. The molecule has 0 spiro atoms. The Morgan fingerprint density at radius 3 is 2.57 bits per heavy atom. The minimum absolute atomic E-state index is 0.00628. The first-order chi connectivity index (χ1) is 37.0. The van der Waals surface area contributed by atoms with Gasteiger partial charge in [0.2, 0.25) is 11.8 Å². The SMILES string of the molecule is C#Cc1c(F)ccc2cccc(-c3ncc4c(N5CC6CCC(C5)N6)nc(OC[C@@]56CCCN5[C@H](COC(=O)N5CCC(OCCC#Cc7cccc8c7n(C)c(=O)n8C7CCC(=O)NC7=O)CC5)CC6)nc4c3F)c12. The number of likely N-dealkylation sites (tertiary alicyclic amines) is 1. The Bertz CT molecular complexity index is 3490. The highest BCUT2D eigenvalue weighted by Gasteiger charge is 2.50. The molecule has 6 aliphatic rings. The number of aromatic nitrogens is 5. The second kappa shape index (κ2) is 20.2. The van der Waals surface area contributed by atoms with Crippen LogP contribution < -0.4 is 26.0 Å². The lowest BCUT2D eigenvalue weighted by Gasteiger charge is -2.35. The van der Waals surface area contributed by atoms with Crippen molar-refractivity contribution in [1.82, 2.24) is 44.5 Å². The molecule has 0 saturated carbocycles. The lowest BCUT2D eigenvalue weighted by Crippen LogP contribution is -2.51. The van der Waals surface area contributed by atoms with Crippen molar-refractivity contribution in [2.75, 3.05) is 57.4 Å². The van der Waals surface area contributed by atoms with Crippen LogP contribution in [0.15, 0.2) is 59.5 Å². The first kappa shape index (κ1) is 49.4. The topological polar surface area (TPSA) is 178 Å². The van der Waals surface area contributed by atoms with Gasteiger partial charge in [0.15, 0.2) is 5.82 Å². The molecule has 76 heavy (non-hydrogen) atoms. The number of hydrogen-bond donors (Lipinski definition) is 2.